The number of hydrogen-bond donors (Lipinski definition) is 1. The lowest BCUT2D eigenvalue weighted by atomic mass is 9.93. The van der Waals surface area contributed by atoms with Crippen LogP contribution in [0.25, 0.3) is 0 Å². The largest absolute Gasteiger partial charge is 0.460 e. The molecule has 1 atom stereocenters. The molecule has 0 rings (SSSR count). The molecule has 1 N–H and O–H groups in total. The molecule has 0 aliphatic carbocycles. The van der Waals surface area contributed by atoms with Crippen molar-refractivity contribution in [2.75, 3.05) is 0 Å². The van der Waals surface area contributed by atoms with Crippen LogP contribution in [0.15, 0.2) is 0 Å². The first-order chi connectivity index (χ1) is 32.7. The van der Waals surface area contributed by atoms with E-state index >= 15 is 0 Å². The van der Waals surface area contributed by atoms with Crippen molar-refractivity contribution in [3.63, 3.8) is 0 Å². The highest BCUT2D eigenvalue weighted by molar-refractivity contribution is 5.12. The van der Waals surface area contributed by atoms with Gasteiger partial charge in [-0.25, -0.2) is 33.2 Å². The van der Waals surface area contributed by atoms with Crippen LogP contribution in [0.4, 0.5) is 206 Å². The Kier molecular flexibility index (Phi) is 18.3. The Morgan fingerprint density at radius 2 is 0.269 bits per heavy atom. The molecule has 0 radical (unpaired) electrons. The first-order valence-electron chi connectivity index (χ1n) is 15.7. The average Bonchev–Trinajstić information content (AvgIpc) is 3.09. The minimum absolute atomic E-state index is 0.625. The standard InChI is InChI=1S/C23HF47O8/c24-1(25,2(26,27)4(30,31)8(37,38)39)3(28,29)5(32,33)10(43,44)72-12(47,48)14(51,52)74-16(55,56)18(59,60)76-20(63,64)22(67,68)78-23(69,70)21(65,66)77-19(61,62)17(57,58)75-15(53,54)13(49,50)73-11(45,46)7(36,71)6(34,35)9(40,41)42/h71H. The molecule has 0 aromatic rings. The molecular formula is C23HF47O8. The van der Waals surface area contributed by atoms with Gasteiger partial charge in [0.2, 0.25) is 0 Å². The summed E-state index contributed by atoms with van der Waals surface area (Å²) >= 11 is 0. The van der Waals surface area contributed by atoms with Gasteiger partial charge in [0.1, 0.15) is 0 Å². The van der Waals surface area contributed by atoms with Gasteiger partial charge in [0.25, 0.3) is 0 Å². The minimum Gasteiger partial charge on any atom is -0.350 e. The number of alkyl halides is 47. The first kappa shape index (κ1) is 74.4. The molecule has 0 fully saturated rings. The van der Waals surface area contributed by atoms with Gasteiger partial charge in [0.05, 0.1) is 0 Å². The molecule has 470 valence electrons. The van der Waals surface area contributed by atoms with Gasteiger partial charge in [-0.05, 0) is 0 Å². The van der Waals surface area contributed by atoms with E-state index in [1.807, 2.05) is 0 Å². The topological polar surface area (TPSA) is 84.8 Å². The van der Waals surface area contributed by atoms with Gasteiger partial charge in [0.15, 0.2) is 0 Å². The van der Waals surface area contributed by atoms with Crippen LogP contribution in [0.5, 0.6) is 0 Å². The molecule has 55 heteroatoms. The van der Waals surface area contributed by atoms with Gasteiger partial charge in [-0.2, -0.15) is 206 Å². The Hall–Kier alpha value is -3.61. The molecule has 0 aliphatic rings. The summed E-state index contributed by atoms with van der Waals surface area (Å²) in [4.78, 5) is 0. The van der Waals surface area contributed by atoms with Crippen molar-refractivity contribution in [2.24, 2.45) is 0 Å². The second-order valence-electron chi connectivity index (χ2n) is 13.0. The highest BCUT2D eigenvalue weighted by atomic mass is 19.5. The Morgan fingerprint density at radius 1 is 0.141 bits per heavy atom. The molecule has 0 saturated carbocycles. The fourth-order valence-electron chi connectivity index (χ4n) is 3.29. The van der Waals surface area contributed by atoms with E-state index in [1.165, 1.54) is 0 Å². The monoisotopic (exact) mass is 1300 g/mol. The second-order valence-corrected chi connectivity index (χ2v) is 13.0. The zero-order valence-electron chi connectivity index (χ0n) is 32.6. The Labute approximate surface area is 385 Å². The Bertz CT molecular complexity index is 2080. The van der Waals surface area contributed by atoms with Crippen LogP contribution in [-0.2, 0) is 33.2 Å². The van der Waals surface area contributed by atoms with Crippen LogP contribution >= 0.6 is 0 Å². The summed E-state index contributed by atoms with van der Waals surface area (Å²) in [6.45, 7) is 0. The quantitative estimate of drug-likeness (QED) is 0.0815. The van der Waals surface area contributed by atoms with E-state index < -0.39 is 139 Å². The predicted molar refractivity (Wildman–Crippen MR) is 125 cm³/mol. The van der Waals surface area contributed by atoms with E-state index in [1.54, 1.807) is 0 Å². The van der Waals surface area contributed by atoms with Gasteiger partial charge in [-0.15, -0.1) is 0 Å². The third-order valence-electron chi connectivity index (χ3n) is 7.28. The highest BCUT2D eigenvalue weighted by Crippen LogP contribution is 2.64. The first-order valence-corrected chi connectivity index (χ1v) is 15.7. The SMILES string of the molecule is OC(F)(C(F)(F)OC(F)(F)C(F)(F)OC(F)(F)C(F)(F)OC(F)(F)C(F)(F)OC(F)(F)C(F)(F)OC(F)(F)C(F)(F)OC(F)(F)C(F)(F)OC(F)(F)C(F)(F)C(F)(F)C(F)(F)C(F)(F)C(F)(F)C(F)(F)F)C(F)(F)C(F)(F)F. The summed E-state index contributed by atoms with van der Waals surface area (Å²) in [6.07, 6.45) is -140. The van der Waals surface area contributed by atoms with Crippen molar-refractivity contribution in [3.05, 3.63) is 0 Å². The minimum atomic E-state index is -9.62. The van der Waals surface area contributed by atoms with Crippen LogP contribution in [0, 0.1) is 0 Å². The number of hydrogen-bond acceptors (Lipinski definition) is 8. The molecule has 0 spiro atoms. The molecule has 0 amide bonds. The average molecular weight is 1300 g/mol. The summed E-state index contributed by atoms with van der Waals surface area (Å²) in [5, 5.41) is 8.07. The van der Waals surface area contributed by atoms with Crippen molar-refractivity contribution >= 4 is 0 Å². The van der Waals surface area contributed by atoms with E-state index in [4.69, 9.17) is 5.11 Å². The van der Waals surface area contributed by atoms with Crippen molar-refractivity contribution in [3.8, 4) is 0 Å². The molecule has 0 aromatic heterocycles. The molecule has 0 saturated heterocycles. The molecular weight excluding hydrogens is 1300 g/mol. The lowest BCUT2D eigenvalue weighted by molar-refractivity contribution is -0.600. The molecule has 78 heavy (non-hydrogen) atoms. The summed E-state index contributed by atoms with van der Waals surface area (Å²) < 4.78 is 630. The van der Waals surface area contributed by atoms with Crippen molar-refractivity contribution in [1.82, 2.24) is 0 Å². The van der Waals surface area contributed by atoms with Crippen LogP contribution in [-0.4, -0.2) is 144 Å². The number of ether oxygens (including phenoxy) is 7. The van der Waals surface area contributed by atoms with E-state index in [9.17, 15) is 206 Å². The van der Waals surface area contributed by atoms with Crippen molar-refractivity contribution in [2.45, 2.75) is 139 Å². The van der Waals surface area contributed by atoms with E-state index in [0.29, 0.717) is 4.74 Å². The number of rotatable bonds is 27. The Morgan fingerprint density at radius 3 is 0.436 bits per heavy atom. The molecule has 0 bridgehead atoms. The fraction of sp³-hybridized carbons (Fsp3) is 1.00. The normalized spacial score (nSPS) is 17.7. The van der Waals surface area contributed by atoms with Gasteiger partial charge >= 0.3 is 139 Å². The van der Waals surface area contributed by atoms with Crippen molar-refractivity contribution in [1.29, 1.82) is 0 Å². The van der Waals surface area contributed by atoms with Gasteiger partial charge in [-0.3, -0.25) is 0 Å². The van der Waals surface area contributed by atoms with E-state index in [2.05, 4.69) is 0 Å². The predicted octanol–water partition coefficient (Wildman–Crippen LogP) is 14.0. The van der Waals surface area contributed by atoms with Gasteiger partial charge in [0, 0.05) is 0 Å². The zero-order valence-corrected chi connectivity index (χ0v) is 32.6. The van der Waals surface area contributed by atoms with E-state index in [0.717, 1.165) is 28.4 Å². The third kappa shape index (κ3) is 12.3. The van der Waals surface area contributed by atoms with Gasteiger partial charge in [-0.1, -0.05) is 0 Å². The summed E-state index contributed by atoms with van der Waals surface area (Å²) in [6, 6.07) is 0. The lowest BCUT2D eigenvalue weighted by Crippen LogP contribution is -2.73. The Balaban J connectivity index is 6.85. The van der Waals surface area contributed by atoms with Crippen LogP contribution in [0.1, 0.15) is 0 Å². The molecule has 0 heterocycles. The van der Waals surface area contributed by atoms with Crippen LogP contribution in [0.2, 0.25) is 0 Å². The van der Waals surface area contributed by atoms with Crippen LogP contribution < -0.4 is 0 Å². The number of halogens is 47. The maximum Gasteiger partial charge on any atom is 0.460 e. The molecule has 0 aliphatic heterocycles. The zero-order chi connectivity index (χ0) is 64.4. The smallest absolute Gasteiger partial charge is 0.350 e. The van der Waals surface area contributed by atoms with Crippen molar-refractivity contribution < 1.29 is 245 Å². The fourth-order valence-corrected chi connectivity index (χ4v) is 3.29. The molecule has 0 aromatic carbocycles. The highest BCUT2D eigenvalue weighted by Gasteiger charge is 2.95. The van der Waals surface area contributed by atoms with Crippen LogP contribution in [0.3, 0.4) is 0 Å². The maximum atomic E-state index is 13.7. The second kappa shape index (κ2) is 19.2. The maximum absolute atomic E-state index is 13.7. The summed E-state index contributed by atoms with van der Waals surface area (Å²) in [5.41, 5.74) is 0. The van der Waals surface area contributed by atoms with E-state index in [-0.39, 0.29) is 0 Å². The summed E-state index contributed by atoms with van der Waals surface area (Å²) in [5.74, 6) is -63.3. The molecule has 1 unspecified atom stereocenters. The summed E-state index contributed by atoms with van der Waals surface area (Å²) in [7, 11) is 0. The molecule has 8 nitrogen and oxygen atoms in total. The van der Waals surface area contributed by atoms with Gasteiger partial charge < -0.3 is 5.11 Å². The lowest BCUT2D eigenvalue weighted by Gasteiger charge is -2.42. The number of aliphatic hydroxyl groups is 1. The third-order valence-corrected chi connectivity index (χ3v) is 7.28.